The van der Waals surface area contributed by atoms with Gasteiger partial charge >= 0.3 is 0 Å². The van der Waals surface area contributed by atoms with Crippen LogP contribution >= 0.6 is 15.9 Å². The zero-order valence-electron chi connectivity index (χ0n) is 6.63. The number of amides is 1. The van der Waals surface area contributed by atoms with Crippen LogP contribution in [0.4, 0.5) is 0 Å². The highest BCUT2D eigenvalue weighted by atomic mass is 79.9. The van der Waals surface area contributed by atoms with Crippen molar-refractivity contribution in [2.75, 3.05) is 6.54 Å². The van der Waals surface area contributed by atoms with Gasteiger partial charge in [-0.25, -0.2) is 0 Å². The molecule has 0 fully saturated rings. The number of halogens is 1. The first kappa shape index (κ1) is 9.79. The summed E-state index contributed by atoms with van der Waals surface area (Å²) in [6.07, 6.45) is 0. The van der Waals surface area contributed by atoms with E-state index in [0.717, 1.165) is 0 Å². The van der Waals surface area contributed by atoms with E-state index in [1.165, 1.54) is 0 Å². The molecule has 1 rings (SSSR count). The Balaban J connectivity index is 2.54. The molecule has 70 valence electrons. The highest BCUT2D eigenvalue weighted by molar-refractivity contribution is 9.10. The number of carbonyl (C=O) groups is 1. The average Bonchev–Trinajstić information content (AvgIpc) is 2.47. The first-order valence-electron chi connectivity index (χ1n) is 3.46. The fourth-order valence-corrected chi connectivity index (χ4v) is 1.02. The van der Waals surface area contributed by atoms with E-state index >= 15 is 0 Å². The second-order valence-corrected chi connectivity index (χ2v) is 3.08. The maximum absolute atomic E-state index is 10.4. The third-order valence-electron chi connectivity index (χ3n) is 1.26. The Morgan fingerprint density at radius 1 is 1.69 bits per heavy atom. The largest absolute Gasteiger partial charge is 0.446 e. The molecule has 0 saturated carbocycles. The summed E-state index contributed by atoms with van der Waals surface area (Å²) in [6, 6.07) is 3.27. The summed E-state index contributed by atoms with van der Waals surface area (Å²) in [4.78, 5) is 10.4. The monoisotopic (exact) mass is 245 g/mol. The van der Waals surface area contributed by atoms with Crippen molar-refractivity contribution in [2.45, 2.75) is 0 Å². The standard InChI is InChI=1S/C7H8BrN3O2/c8-5-2-1-4(13-5)7(10)11-3-6(9)12/h1-2H,3H2,(H2,9,12)(H2,10,11). The molecular weight excluding hydrogens is 238 g/mol. The third kappa shape index (κ3) is 2.90. The fourth-order valence-electron chi connectivity index (χ4n) is 0.711. The Labute approximate surface area is 82.9 Å². The Hall–Kier alpha value is -1.30. The van der Waals surface area contributed by atoms with Crippen molar-refractivity contribution in [3.63, 3.8) is 0 Å². The minimum Gasteiger partial charge on any atom is -0.446 e. The molecule has 13 heavy (non-hydrogen) atoms. The smallest absolute Gasteiger partial charge is 0.236 e. The highest BCUT2D eigenvalue weighted by Crippen LogP contribution is 2.13. The number of carbonyl (C=O) groups excluding carboxylic acids is 1. The first-order valence-corrected chi connectivity index (χ1v) is 4.25. The third-order valence-corrected chi connectivity index (χ3v) is 1.69. The van der Waals surface area contributed by atoms with Crippen LogP contribution < -0.4 is 11.1 Å². The van der Waals surface area contributed by atoms with Crippen molar-refractivity contribution in [3.05, 3.63) is 22.6 Å². The minimum absolute atomic E-state index is 0.0319. The lowest BCUT2D eigenvalue weighted by atomic mass is 10.4. The van der Waals surface area contributed by atoms with Crippen molar-refractivity contribution >= 4 is 27.7 Å². The lowest BCUT2D eigenvalue weighted by Crippen LogP contribution is -2.33. The van der Waals surface area contributed by atoms with Crippen LogP contribution in [0.1, 0.15) is 5.76 Å². The molecule has 0 unspecified atom stereocenters. The average molecular weight is 246 g/mol. The van der Waals surface area contributed by atoms with Gasteiger partial charge in [0.25, 0.3) is 0 Å². The van der Waals surface area contributed by atoms with Gasteiger partial charge in [0.2, 0.25) is 5.91 Å². The molecule has 0 bridgehead atoms. The molecule has 4 N–H and O–H groups in total. The number of hydrogen-bond donors (Lipinski definition) is 3. The molecular formula is C7H8BrN3O2. The normalized spacial score (nSPS) is 9.62. The highest BCUT2D eigenvalue weighted by Gasteiger charge is 2.06. The predicted molar refractivity (Wildman–Crippen MR) is 50.4 cm³/mol. The minimum atomic E-state index is -0.518. The molecule has 1 aromatic heterocycles. The Bertz CT molecular complexity index is 334. The fraction of sp³-hybridized carbons (Fsp3) is 0.143. The van der Waals surface area contributed by atoms with Crippen molar-refractivity contribution < 1.29 is 9.21 Å². The topological polar surface area (TPSA) is 92.1 Å². The quantitative estimate of drug-likeness (QED) is 0.533. The second-order valence-electron chi connectivity index (χ2n) is 2.30. The molecule has 5 nitrogen and oxygen atoms in total. The molecule has 0 atom stereocenters. The Morgan fingerprint density at radius 2 is 2.38 bits per heavy atom. The van der Waals surface area contributed by atoms with Gasteiger partial charge in [-0.3, -0.25) is 10.2 Å². The molecule has 6 heteroatoms. The maximum Gasteiger partial charge on any atom is 0.236 e. The number of hydrogen-bond acceptors (Lipinski definition) is 3. The number of primary amides is 1. The van der Waals surface area contributed by atoms with E-state index in [1.807, 2.05) is 0 Å². The van der Waals surface area contributed by atoms with Gasteiger partial charge in [-0.05, 0) is 28.1 Å². The zero-order valence-corrected chi connectivity index (χ0v) is 8.22. The summed E-state index contributed by atoms with van der Waals surface area (Å²) >= 11 is 3.10. The lowest BCUT2D eigenvalue weighted by Gasteiger charge is -2.01. The van der Waals surface area contributed by atoms with Gasteiger partial charge in [0.1, 0.15) is 0 Å². The van der Waals surface area contributed by atoms with E-state index in [0.29, 0.717) is 10.4 Å². The van der Waals surface area contributed by atoms with Crippen LogP contribution in [0.15, 0.2) is 21.2 Å². The Morgan fingerprint density at radius 3 is 2.85 bits per heavy atom. The predicted octanol–water partition coefficient (Wildman–Crippen LogP) is 0.442. The number of rotatable bonds is 3. The van der Waals surface area contributed by atoms with E-state index < -0.39 is 5.91 Å². The molecule has 0 saturated heterocycles. The molecule has 1 heterocycles. The van der Waals surface area contributed by atoms with Crippen molar-refractivity contribution in [2.24, 2.45) is 5.73 Å². The van der Waals surface area contributed by atoms with E-state index in [1.54, 1.807) is 12.1 Å². The summed E-state index contributed by atoms with van der Waals surface area (Å²) < 4.78 is 5.59. The number of furan rings is 1. The van der Waals surface area contributed by atoms with Gasteiger partial charge in [0.15, 0.2) is 16.3 Å². The zero-order chi connectivity index (χ0) is 9.84. The Kier molecular flexibility index (Phi) is 3.07. The van der Waals surface area contributed by atoms with Crippen LogP contribution in [0.25, 0.3) is 0 Å². The second kappa shape index (κ2) is 4.08. The van der Waals surface area contributed by atoms with Crippen LogP contribution in [-0.4, -0.2) is 18.3 Å². The van der Waals surface area contributed by atoms with E-state index in [-0.39, 0.29) is 12.4 Å². The molecule has 0 spiro atoms. The van der Waals surface area contributed by atoms with Crippen molar-refractivity contribution in [1.29, 1.82) is 5.41 Å². The van der Waals surface area contributed by atoms with E-state index in [2.05, 4.69) is 21.2 Å². The van der Waals surface area contributed by atoms with Crippen LogP contribution in [0, 0.1) is 5.41 Å². The van der Waals surface area contributed by atoms with Crippen LogP contribution in [0.2, 0.25) is 0 Å². The molecule has 1 amide bonds. The van der Waals surface area contributed by atoms with Crippen molar-refractivity contribution in [3.8, 4) is 0 Å². The van der Waals surface area contributed by atoms with E-state index in [4.69, 9.17) is 15.6 Å². The molecule has 0 aromatic carbocycles. The molecule has 0 radical (unpaired) electrons. The number of nitrogens with two attached hydrogens (primary N) is 1. The number of amidine groups is 1. The summed E-state index contributed by atoms with van der Waals surface area (Å²) in [5.74, 6) is -0.131. The molecule has 0 aliphatic heterocycles. The molecule has 0 aliphatic rings. The van der Waals surface area contributed by atoms with Crippen LogP contribution in [-0.2, 0) is 4.79 Å². The molecule has 1 aromatic rings. The maximum atomic E-state index is 10.4. The number of nitrogens with one attached hydrogen (secondary N) is 2. The van der Waals surface area contributed by atoms with Gasteiger partial charge in [0, 0.05) is 0 Å². The van der Waals surface area contributed by atoms with Gasteiger partial charge in [0.05, 0.1) is 6.54 Å². The summed E-state index contributed by atoms with van der Waals surface area (Å²) in [7, 11) is 0. The van der Waals surface area contributed by atoms with Crippen LogP contribution in [0.3, 0.4) is 0 Å². The SMILES string of the molecule is N=C(NCC(N)=O)c1ccc(Br)o1. The van der Waals surface area contributed by atoms with E-state index in [9.17, 15) is 4.79 Å². The first-order chi connectivity index (χ1) is 6.09. The lowest BCUT2D eigenvalue weighted by molar-refractivity contribution is -0.116. The van der Waals surface area contributed by atoms with Crippen molar-refractivity contribution in [1.82, 2.24) is 5.32 Å². The summed E-state index contributed by atoms with van der Waals surface area (Å²) in [5, 5.41) is 9.91. The molecule has 0 aliphatic carbocycles. The summed E-state index contributed by atoms with van der Waals surface area (Å²) in [6.45, 7) is -0.0723. The van der Waals surface area contributed by atoms with Gasteiger partial charge in [-0.15, -0.1) is 0 Å². The van der Waals surface area contributed by atoms with Gasteiger partial charge < -0.3 is 15.5 Å². The van der Waals surface area contributed by atoms with Crippen LogP contribution in [0.5, 0.6) is 0 Å². The van der Waals surface area contributed by atoms with Gasteiger partial charge in [-0.1, -0.05) is 0 Å². The summed E-state index contributed by atoms with van der Waals surface area (Å²) in [5.41, 5.74) is 4.89. The van der Waals surface area contributed by atoms with Gasteiger partial charge in [-0.2, -0.15) is 0 Å².